The molecule has 48 heavy (non-hydrogen) atoms. The van der Waals surface area contributed by atoms with E-state index >= 15 is 0 Å². The van der Waals surface area contributed by atoms with Crippen LogP contribution in [0.15, 0.2) is 5.34 Å². The third-order valence-corrected chi connectivity index (χ3v) is 5.71. The Morgan fingerprint density at radius 3 is 1.62 bits per heavy atom. The average Bonchev–Trinajstić information content (AvgIpc) is 3.03. The van der Waals surface area contributed by atoms with Crippen molar-refractivity contribution >= 4 is 29.8 Å². The zero-order chi connectivity index (χ0) is 38.3. The quantitative estimate of drug-likeness (QED) is 0.0603. The summed E-state index contributed by atoms with van der Waals surface area (Å²) in [5.74, 6) is -0.917. The van der Waals surface area contributed by atoms with E-state index in [9.17, 15) is 24.1 Å². The van der Waals surface area contributed by atoms with E-state index in [1.807, 2.05) is 34.6 Å². The van der Waals surface area contributed by atoms with Gasteiger partial charge in [-0.2, -0.15) is 0 Å². The van der Waals surface area contributed by atoms with Crippen LogP contribution in [0.4, 0.5) is 0 Å². The van der Waals surface area contributed by atoms with Gasteiger partial charge in [-0.05, 0) is 58.3 Å². The molecule has 0 aromatic rings. The second-order valence-corrected chi connectivity index (χ2v) is 11.5. The molecule has 0 spiro atoms. The van der Waals surface area contributed by atoms with Crippen LogP contribution in [-0.2, 0) is 47.8 Å². The summed E-state index contributed by atoms with van der Waals surface area (Å²) < 4.78 is 18.8. The van der Waals surface area contributed by atoms with Gasteiger partial charge in [-0.25, -0.2) is 0 Å². The van der Waals surface area contributed by atoms with E-state index in [0.29, 0.717) is 32.0 Å². The monoisotopic (exact) mass is 695 g/mol. The van der Waals surface area contributed by atoms with Crippen molar-refractivity contribution < 1.29 is 52.9 Å². The molecule has 1 N–H and O–H groups in total. The molecule has 1 fully saturated rings. The van der Waals surface area contributed by atoms with Crippen molar-refractivity contribution in [3.8, 4) is 0 Å². The number of hydrogen-bond donors (Lipinski definition) is 1. The van der Waals surface area contributed by atoms with Gasteiger partial charge in [-0.3, -0.25) is 24.0 Å². The van der Waals surface area contributed by atoms with E-state index in [-0.39, 0.29) is 42.0 Å². The summed E-state index contributed by atoms with van der Waals surface area (Å²) in [5.41, 5.74) is 0. The average molecular weight is 696 g/mol. The first kappa shape index (κ1) is 54.2. The Morgan fingerprint density at radius 1 is 0.792 bits per heavy atom. The molecule has 1 unspecified atom stereocenters. The molecule has 0 heterocycles. The van der Waals surface area contributed by atoms with Gasteiger partial charge in [0, 0.05) is 26.7 Å². The summed E-state index contributed by atoms with van der Waals surface area (Å²) >= 11 is 0. The number of esters is 4. The lowest BCUT2D eigenvalue weighted by Gasteiger charge is -2.20. The maximum Gasteiger partial charge on any atom is 0.308 e. The predicted octanol–water partition coefficient (Wildman–Crippen LogP) is 8.39. The fourth-order valence-corrected chi connectivity index (χ4v) is 3.23. The molecule has 0 aromatic carbocycles. The molecule has 1 rings (SSSR count). The molecule has 0 aliphatic heterocycles. The van der Waals surface area contributed by atoms with Gasteiger partial charge < -0.3 is 28.9 Å². The molecule has 0 aromatic heterocycles. The molecule has 0 amide bonds. The van der Waals surface area contributed by atoms with Crippen LogP contribution >= 0.6 is 0 Å². The zero-order valence-electron chi connectivity index (χ0n) is 32.1. The van der Waals surface area contributed by atoms with E-state index < -0.39 is 5.97 Å². The van der Waals surface area contributed by atoms with Crippen LogP contribution < -0.4 is 0 Å². The summed E-state index contributed by atoms with van der Waals surface area (Å²) in [4.78, 5) is 64.6. The van der Waals surface area contributed by atoms with E-state index in [2.05, 4.69) is 26.6 Å². The Morgan fingerprint density at radius 2 is 1.31 bits per heavy atom. The van der Waals surface area contributed by atoms with Crippen LogP contribution in [-0.4, -0.2) is 67.5 Å². The molecule has 0 bridgehead atoms. The van der Waals surface area contributed by atoms with Crippen molar-refractivity contribution in [3.63, 3.8) is 0 Å². The number of methoxy groups -OCH3 is 1. The van der Waals surface area contributed by atoms with Crippen LogP contribution in [0.5, 0.6) is 0 Å². The lowest BCUT2D eigenvalue weighted by atomic mass is 9.98. The van der Waals surface area contributed by atoms with Crippen molar-refractivity contribution in [1.82, 2.24) is 0 Å². The number of hydrogen-bond acceptors (Lipinski definition) is 12. The third kappa shape index (κ3) is 58.3. The molecule has 0 radical (unpaired) electrons. The second-order valence-electron chi connectivity index (χ2n) is 11.5. The Kier molecular flexibility index (Phi) is 47.2. The molecule has 1 atom stereocenters. The number of carbonyl (C=O) groups is 5. The van der Waals surface area contributed by atoms with Gasteiger partial charge in [0.1, 0.15) is 12.2 Å². The van der Waals surface area contributed by atoms with E-state index in [1.54, 1.807) is 20.8 Å². The Hall–Kier alpha value is -3.25. The lowest BCUT2D eigenvalue weighted by Crippen LogP contribution is -2.18. The van der Waals surface area contributed by atoms with Gasteiger partial charge in [0.05, 0.1) is 26.2 Å². The van der Waals surface area contributed by atoms with Crippen molar-refractivity contribution in [2.45, 2.75) is 165 Å². The summed E-state index contributed by atoms with van der Waals surface area (Å²) in [6, 6.07) is 0. The maximum atomic E-state index is 10.8. The first-order chi connectivity index (χ1) is 22.5. The molecule has 1 aliphatic rings. The fourth-order valence-electron chi connectivity index (χ4n) is 3.23. The highest BCUT2D eigenvalue weighted by atomic mass is 16.7. The highest BCUT2D eigenvalue weighted by Crippen LogP contribution is 2.20. The summed E-state index contributed by atoms with van der Waals surface area (Å²) in [6.45, 7) is 20.7. The molecular weight excluding hydrogens is 626 g/mol. The number of rotatable bonds is 14. The van der Waals surface area contributed by atoms with E-state index in [0.717, 1.165) is 32.6 Å². The van der Waals surface area contributed by atoms with Gasteiger partial charge in [-0.1, -0.05) is 74.1 Å². The van der Waals surface area contributed by atoms with Gasteiger partial charge in [0.25, 0.3) is 5.97 Å². The smallest absolute Gasteiger partial charge is 0.308 e. The normalized spacial score (nSPS) is 12.0. The molecule has 0 saturated heterocycles. The number of carboxylic acids is 1. The molecule has 1 saturated carbocycles. The standard InChI is InChI=1S/C8H17NO2.C8H14O2.C8H16O2.C5H10O2.C4H8O2.C2H4O2/c1-3-4-5-6-7-8(2)11-9-10;1-7(9)10-8-5-3-2-4-6-8;1-6(2)5-10-8(9)7(3)4;1-3-5(6)7-4-2;1-3-4(5)6-2;1-2(3)4/h8H,3-7H2,1-2H3;8H,2-6H2,1H3;6-7H,5H2,1-4H3;3-4H2,1-2H3;3H2,1-2H3;1H3,(H,3,4). The number of nitrogens with zero attached hydrogens (tertiary/aromatic N) is 1. The minimum Gasteiger partial charge on any atom is -0.481 e. The van der Waals surface area contributed by atoms with Gasteiger partial charge in [0.15, 0.2) is 5.34 Å². The Labute approximate surface area is 290 Å². The highest BCUT2D eigenvalue weighted by Gasteiger charge is 2.15. The fraction of sp³-hybridized carbons (Fsp3) is 0.857. The molecule has 1 aliphatic carbocycles. The van der Waals surface area contributed by atoms with Crippen molar-refractivity contribution in [3.05, 3.63) is 4.91 Å². The third-order valence-electron chi connectivity index (χ3n) is 5.71. The number of carbonyl (C=O) groups excluding carboxylic acids is 4. The summed E-state index contributed by atoms with van der Waals surface area (Å²) in [7, 11) is 1.38. The van der Waals surface area contributed by atoms with Crippen LogP contribution in [0.3, 0.4) is 0 Å². The largest absolute Gasteiger partial charge is 0.481 e. The number of unbranched alkanes of at least 4 members (excludes halogenated alkanes) is 3. The molecule has 286 valence electrons. The van der Waals surface area contributed by atoms with Crippen molar-refractivity contribution in [2.24, 2.45) is 17.2 Å². The van der Waals surface area contributed by atoms with Crippen LogP contribution in [0, 0.1) is 16.7 Å². The number of aliphatic carboxylic acids is 1. The minimum absolute atomic E-state index is 0.00116. The maximum absolute atomic E-state index is 10.8. The Balaban J connectivity index is -0.000000158. The number of ether oxygens (including phenoxy) is 4. The predicted molar refractivity (Wildman–Crippen MR) is 187 cm³/mol. The van der Waals surface area contributed by atoms with Crippen molar-refractivity contribution in [2.75, 3.05) is 20.3 Å². The first-order valence-electron chi connectivity index (χ1n) is 17.2. The van der Waals surface area contributed by atoms with Crippen LogP contribution in [0.2, 0.25) is 0 Å². The molecule has 13 nitrogen and oxygen atoms in total. The summed E-state index contributed by atoms with van der Waals surface area (Å²) in [5, 5.41) is 9.80. The van der Waals surface area contributed by atoms with E-state index in [4.69, 9.17) is 19.4 Å². The van der Waals surface area contributed by atoms with Crippen LogP contribution in [0.1, 0.15) is 153 Å². The Bertz CT molecular complexity index is 772. The SMILES string of the molecule is CC(=O)O.CC(=O)OC1CCCCC1.CC(C)COC(=O)C(C)C.CCC(=O)OC.CCCCCCC(C)ON=O.CCOC(=O)CC. The number of carboxylic acid groups (broad SMARTS) is 1. The summed E-state index contributed by atoms with van der Waals surface area (Å²) in [6.07, 6.45) is 12.8. The van der Waals surface area contributed by atoms with Gasteiger partial charge >= 0.3 is 23.9 Å². The highest BCUT2D eigenvalue weighted by molar-refractivity contribution is 5.71. The molecule has 13 heteroatoms. The van der Waals surface area contributed by atoms with Crippen LogP contribution in [0.25, 0.3) is 0 Å². The van der Waals surface area contributed by atoms with Gasteiger partial charge in [-0.15, -0.1) is 4.91 Å². The second kappa shape index (κ2) is 41.8. The van der Waals surface area contributed by atoms with Gasteiger partial charge in [0.2, 0.25) is 0 Å². The first-order valence-corrected chi connectivity index (χ1v) is 17.2. The van der Waals surface area contributed by atoms with E-state index in [1.165, 1.54) is 52.6 Å². The minimum atomic E-state index is -0.833. The zero-order valence-corrected chi connectivity index (χ0v) is 32.1. The topological polar surface area (TPSA) is 181 Å². The lowest BCUT2D eigenvalue weighted by molar-refractivity contribution is -0.149. The van der Waals surface area contributed by atoms with Crippen molar-refractivity contribution in [1.29, 1.82) is 0 Å². The molecular formula is C35H69NO12.